The lowest BCUT2D eigenvalue weighted by molar-refractivity contribution is 0.0736. The molecule has 0 saturated carbocycles. The predicted octanol–water partition coefficient (Wildman–Crippen LogP) is 3.70. The van der Waals surface area contributed by atoms with Crippen LogP contribution in [0.1, 0.15) is 42.7 Å². The molecule has 2 aromatic rings. The van der Waals surface area contributed by atoms with Gasteiger partial charge in [-0.2, -0.15) is 4.31 Å². The third kappa shape index (κ3) is 4.59. The van der Waals surface area contributed by atoms with Crippen molar-refractivity contribution >= 4 is 15.9 Å². The largest absolute Gasteiger partial charge is 0.496 e. The Bertz CT molecular complexity index is 974. The van der Waals surface area contributed by atoms with E-state index in [2.05, 4.69) is 0 Å². The van der Waals surface area contributed by atoms with E-state index < -0.39 is 27.8 Å². The second-order valence-corrected chi connectivity index (χ2v) is 8.50. The van der Waals surface area contributed by atoms with Gasteiger partial charge >= 0.3 is 0 Å². The van der Waals surface area contributed by atoms with Crippen LogP contribution in [0.25, 0.3) is 0 Å². The van der Waals surface area contributed by atoms with Crippen molar-refractivity contribution in [1.82, 2.24) is 9.21 Å². The molecule has 0 spiro atoms. The number of sulfonamides is 1. The number of methoxy groups -OCH3 is 1. The van der Waals surface area contributed by atoms with Gasteiger partial charge in [-0.15, -0.1) is 0 Å². The lowest BCUT2D eigenvalue weighted by atomic mass is 10.0. The Morgan fingerprint density at radius 2 is 1.76 bits per heavy atom. The number of amides is 1. The molecule has 1 amide bonds. The van der Waals surface area contributed by atoms with Crippen molar-refractivity contribution in [2.45, 2.75) is 31.7 Å². The van der Waals surface area contributed by atoms with Crippen LogP contribution in [0.3, 0.4) is 0 Å². The number of halogens is 1. The first-order valence-corrected chi connectivity index (χ1v) is 10.8. The van der Waals surface area contributed by atoms with Gasteiger partial charge in [-0.3, -0.25) is 4.79 Å². The van der Waals surface area contributed by atoms with E-state index in [4.69, 9.17) is 4.74 Å². The first-order chi connectivity index (χ1) is 13.7. The van der Waals surface area contributed by atoms with E-state index in [1.165, 1.54) is 22.4 Å². The number of carbonyl (C=O) groups is 1. The van der Waals surface area contributed by atoms with Crippen LogP contribution in [0.4, 0.5) is 4.39 Å². The molecule has 0 N–H and O–H groups in total. The number of nitrogens with zero attached hydrogens (tertiary/aromatic N) is 2. The summed E-state index contributed by atoms with van der Waals surface area (Å²) in [4.78, 5) is 14.3. The van der Waals surface area contributed by atoms with E-state index in [1.54, 1.807) is 33.9 Å². The number of ether oxygens (including phenoxy) is 1. The Hall–Kier alpha value is -2.45. The number of benzene rings is 2. The average Bonchev–Trinajstić information content (AvgIpc) is 2.72. The number of para-hydroxylation sites is 1. The fourth-order valence-electron chi connectivity index (χ4n) is 3.13. The van der Waals surface area contributed by atoms with Gasteiger partial charge in [0.1, 0.15) is 11.6 Å². The van der Waals surface area contributed by atoms with Crippen molar-refractivity contribution in [1.29, 1.82) is 0 Å². The SMILES string of the molecule is CCN(CC)S(=O)(=O)c1ccc(F)c(C(=O)N(C)C(C)c2ccccc2OC)c1. The minimum Gasteiger partial charge on any atom is -0.496 e. The van der Waals surface area contributed by atoms with Gasteiger partial charge in [-0.25, -0.2) is 12.8 Å². The average molecular weight is 423 g/mol. The minimum absolute atomic E-state index is 0.107. The van der Waals surface area contributed by atoms with E-state index in [0.717, 1.165) is 17.7 Å². The minimum atomic E-state index is -3.81. The Morgan fingerprint density at radius 3 is 2.34 bits per heavy atom. The maximum absolute atomic E-state index is 14.5. The van der Waals surface area contributed by atoms with Crippen LogP contribution in [-0.4, -0.2) is 50.8 Å². The number of hydrogen-bond acceptors (Lipinski definition) is 4. The highest BCUT2D eigenvalue weighted by molar-refractivity contribution is 7.89. The second kappa shape index (κ2) is 9.37. The highest BCUT2D eigenvalue weighted by Gasteiger charge is 2.27. The zero-order valence-electron chi connectivity index (χ0n) is 17.3. The standard InChI is InChI=1S/C21H27FN2O4S/c1-6-24(7-2)29(26,27)16-12-13-19(22)18(14-16)21(25)23(4)15(3)17-10-8-9-11-20(17)28-5/h8-15H,6-7H2,1-5H3. The molecule has 0 bridgehead atoms. The van der Waals surface area contributed by atoms with Crippen LogP contribution < -0.4 is 4.74 Å². The lowest BCUT2D eigenvalue weighted by Gasteiger charge is -2.27. The summed E-state index contributed by atoms with van der Waals surface area (Å²) in [7, 11) is -0.724. The highest BCUT2D eigenvalue weighted by atomic mass is 32.2. The quantitative estimate of drug-likeness (QED) is 0.651. The zero-order valence-corrected chi connectivity index (χ0v) is 18.2. The van der Waals surface area contributed by atoms with E-state index in [9.17, 15) is 17.6 Å². The lowest BCUT2D eigenvalue weighted by Crippen LogP contribution is -2.32. The predicted molar refractivity (Wildman–Crippen MR) is 110 cm³/mol. The van der Waals surface area contributed by atoms with E-state index in [0.29, 0.717) is 5.75 Å². The monoisotopic (exact) mass is 422 g/mol. The van der Waals surface area contributed by atoms with Crippen molar-refractivity contribution in [3.05, 3.63) is 59.4 Å². The summed E-state index contributed by atoms with van der Waals surface area (Å²) in [6.07, 6.45) is 0. The second-order valence-electron chi connectivity index (χ2n) is 6.56. The highest BCUT2D eigenvalue weighted by Crippen LogP contribution is 2.30. The summed E-state index contributed by atoms with van der Waals surface area (Å²) < 4.78 is 46.6. The van der Waals surface area contributed by atoms with Gasteiger partial charge < -0.3 is 9.64 Å². The van der Waals surface area contributed by atoms with Gasteiger partial charge in [0.2, 0.25) is 10.0 Å². The summed E-state index contributed by atoms with van der Waals surface area (Å²) >= 11 is 0. The summed E-state index contributed by atoms with van der Waals surface area (Å²) in [5, 5.41) is 0. The Morgan fingerprint density at radius 1 is 1.14 bits per heavy atom. The summed E-state index contributed by atoms with van der Waals surface area (Å²) in [6, 6.07) is 10.1. The fourth-order valence-corrected chi connectivity index (χ4v) is 4.61. The fraction of sp³-hybridized carbons (Fsp3) is 0.381. The summed E-state index contributed by atoms with van der Waals surface area (Å²) in [5.74, 6) is -0.775. The van der Waals surface area contributed by atoms with Crippen molar-refractivity contribution in [2.24, 2.45) is 0 Å². The van der Waals surface area contributed by atoms with Crippen molar-refractivity contribution in [2.75, 3.05) is 27.2 Å². The zero-order chi connectivity index (χ0) is 21.8. The molecule has 0 heterocycles. The number of carbonyl (C=O) groups excluding carboxylic acids is 1. The molecule has 0 radical (unpaired) electrons. The normalized spacial score (nSPS) is 12.7. The molecule has 29 heavy (non-hydrogen) atoms. The number of rotatable bonds is 8. The maximum atomic E-state index is 14.5. The molecule has 0 saturated heterocycles. The molecular weight excluding hydrogens is 395 g/mol. The molecule has 0 aliphatic rings. The van der Waals surface area contributed by atoms with Gasteiger partial charge in [0.25, 0.3) is 5.91 Å². The molecule has 1 atom stereocenters. The van der Waals surface area contributed by atoms with Crippen molar-refractivity contribution < 1.29 is 22.3 Å². The van der Waals surface area contributed by atoms with Gasteiger partial charge in [0.05, 0.1) is 23.6 Å². The molecule has 158 valence electrons. The van der Waals surface area contributed by atoms with Gasteiger partial charge in [-0.05, 0) is 31.2 Å². The van der Waals surface area contributed by atoms with Crippen LogP contribution in [0.2, 0.25) is 0 Å². The topological polar surface area (TPSA) is 66.9 Å². The molecule has 6 nitrogen and oxygen atoms in total. The molecule has 0 aromatic heterocycles. The Kier molecular flexibility index (Phi) is 7.37. The Balaban J connectivity index is 2.42. The van der Waals surface area contributed by atoms with E-state index in [-0.39, 0.29) is 23.5 Å². The molecule has 0 fully saturated rings. The number of hydrogen-bond donors (Lipinski definition) is 0. The van der Waals surface area contributed by atoms with Gasteiger partial charge in [0.15, 0.2) is 0 Å². The molecule has 0 aliphatic heterocycles. The van der Waals surface area contributed by atoms with Crippen LogP contribution >= 0.6 is 0 Å². The Labute approximate surface area is 171 Å². The van der Waals surface area contributed by atoms with Crippen LogP contribution in [0, 0.1) is 5.82 Å². The molecular formula is C21H27FN2O4S. The molecule has 2 rings (SSSR count). The maximum Gasteiger partial charge on any atom is 0.257 e. The van der Waals surface area contributed by atoms with Gasteiger partial charge in [-0.1, -0.05) is 32.0 Å². The first-order valence-electron chi connectivity index (χ1n) is 9.38. The van der Waals surface area contributed by atoms with Crippen LogP contribution in [-0.2, 0) is 10.0 Å². The van der Waals surface area contributed by atoms with Crippen molar-refractivity contribution in [3.63, 3.8) is 0 Å². The summed E-state index contributed by atoms with van der Waals surface area (Å²) in [6.45, 7) is 5.80. The third-order valence-electron chi connectivity index (χ3n) is 5.00. The first kappa shape index (κ1) is 22.8. The van der Waals surface area contributed by atoms with Crippen LogP contribution in [0.15, 0.2) is 47.4 Å². The van der Waals surface area contributed by atoms with Crippen molar-refractivity contribution in [3.8, 4) is 5.75 Å². The third-order valence-corrected chi connectivity index (χ3v) is 7.05. The molecule has 8 heteroatoms. The smallest absolute Gasteiger partial charge is 0.257 e. The molecule has 0 aliphatic carbocycles. The van der Waals surface area contributed by atoms with E-state index in [1.807, 2.05) is 18.2 Å². The van der Waals surface area contributed by atoms with E-state index >= 15 is 0 Å². The molecule has 1 unspecified atom stereocenters. The summed E-state index contributed by atoms with van der Waals surface area (Å²) in [5.41, 5.74) is 0.473. The van der Waals surface area contributed by atoms with Crippen LogP contribution in [0.5, 0.6) is 5.75 Å². The van der Waals surface area contributed by atoms with Gasteiger partial charge in [0, 0.05) is 25.7 Å². The molecule has 2 aromatic carbocycles.